The van der Waals surface area contributed by atoms with E-state index in [2.05, 4.69) is 45.1 Å². The van der Waals surface area contributed by atoms with Crippen molar-refractivity contribution in [3.05, 3.63) is 75.8 Å². The molecule has 0 spiro atoms. The van der Waals surface area contributed by atoms with Crippen molar-refractivity contribution in [2.24, 2.45) is 7.05 Å². The van der Waals surface area contributed by atoms with Crippen LogP contribution in [0.15, 0.2) is 59.8 Å². The fourth-order valence-corrected chi connectivity index (χ4v) is 4.60. The summed E-state index contributed by atoms with van der Waals surface area (Å²) in [6.45, 7) is 1.97. The van der Waals surface area contributed by atoms with Crippen LogP contribution < -0.4 is 10.1 Å². The average Bonchev–Trinajstić information content (AvgIpc) is 3.20. The van der Waals surface area contributed by atoms with Gasteiger partial charge in [0, 0.05) is 40.5 Å². The van der Waals surface area contributed by atoms with Crippen molar-refractivity contribution in [3.63, 3.8) is 0 Å². The largest absolute Gasteiger partial charge is 0.488 e. The van der Waals surface area contributed by atoms with Gasteiger partial charge < -0.3 is 10.1 Å². The van der Waals surface area contributed by atoms with Crippen molar-refractivity contribution in [2.75, 3.05) is 12.3 Å². The lowest BCUT2D eigenvalue weighted by Gasteiger charge is -2.16. The first-order chi connectivity index (χ1) is 15.6. The Bertz CT molecular complexity index is 1200. The van der Waals surface area contributed by atoms with Crippen LogP contribution in [0, 0.1) is 0 Å². The molecule has 4 rings (SSSR count). The van der Waals surface area contributed by atoms with Gasteiger partial charge >= 0.3 is 0 Å². The molecule has 32 heavy (non-hydrogen) atoms. The molecule has 166 valence electrons. The zero-order valence-electron chi connectivity index (χ0n) is 17.6. The minimum Gasteiger partial charge on any atom is -0.488 e. The predicted molar refractivity (Wildman–Crippen MR) is 131 cm³/mol. The van der Waals surface area contributed by atoms with Gasteiger partial charge in [-0.2, -0.15) is 0 Å². The standard InChI is InChI=1S/C23H23Cl2N5OS/c1-30-23(27-28-29-30)32-12-4-11-26-14-20-19-6-3-2-5-16(19)8-10-22(20)31-15-17-7-9-18(24)13-21(17)25/h2-3,5-10,13,26H,4,11-12,14-15H2,1H3. The molecule has 1 N–H and O–H groups in total. The summed E-state index contributed by atoms with van der Waals surface area (Å²) >= 11 is 14.0. The van der Waals surface area contributed by atoms with Gasteiger partial charge in [-0.25, -0.2) is 4.68 Å². The number of hydrogen-bond acceptors (Lipinski definition) is 6. The van der Waals surface area contributed by atoms with Gasteiger partial charge in [-0.15, -0.1) is 5.10 Å². The molecule has 0 saturated heterocycles. The summed E-state index contributed by atoms with van der Waals surface area (Å²) in [5.74, 6) is 1.79. The fraction of sp³-hybridized carbons (Fsp3) is 0.261. The lowest BCUT2D eigenvalue weighted by atomic mass is 10.0. The van der Waals surface area contributed by atoms with Crippen LogP contribution in [0.1, 0.15) is 17.5 Å². The van der Waals surface area contributed by atoms with Crippen molar-refractivity contribution in [2.45, 2.75) is 24.7 Å². The number of ether oxygens (including phenoxy) is 1. The van der Waals surface area contributed by atoms with Crippen molar-refractivity contribution in [3.8, 4) is 5.75 Å². The van der Waals surface area contributed by atoms with Crippen LogP contribution in [0.3, 0.4) is 0 Å². The molecule has 1 heterocycles. The van der Waals surface area contributed by atoms with Gasteiger partial charge in [-0.1, -0.05) is 71.4 Å². The molecular weight excluding hydrogens is 465 g/mol. The summed E-state index contributed by atoms with van der Waals surface area (Å²) in [6, 6.07) is 17.9. The number of rotatable bonds is 10. The van der Waals surface area contributed by atoms with E-state index in [1.165, 1.54) is 10.8 Å². The first kappa shape index (κ1) is 22.9. The number of benzene rings is 3. The molecule has 4 aromatic rings. The number of halogens is 2. The molecule has 9 heteroatoms. The molecule has 0 unspecified atom stereocenters. The molecule has 0 aliphatic heterocycles. The normalized spacial score (nSPS) is 11.2. The van der Waals surface area contributed by atoms with E-state index in [4.69, 9.17) is 27.9 Å². The Morgan fingerprint density at radius 3 is 2.78 bits per heavy atom. The molecule has 0 fully saturated rings. The Hall–Kier alpha value is -2.32. The van der Waals surface area contributed by atoms with E-state index in [1.54, 1.807) is 22.5 Å². The molecule has 0 radical (unpaired) electrons. The second-order valence-corrected chi connectivity index (χ2v) is 9.16. The van der Waals surface area contributed by atoms with Gasteiger partial charge in [0.2, 0.25) is 5.16 Å². The van der Waals surface area contributed by atoms with Crippen LogP contribution in [-0.2, 0) is 20.2 Å². The van der Waals surface area contributed by atoms with Gasteiger partial charge in [0.15, 0.2) is 0 Å². The molecule has 1 aromatic heterocycles. The van der Waals surface area contributed by atoms with E-state index in [-0.39, 0.29) is 0 Å². The number of fused-ring (bicyclic) bond motifs is 1. The molecule has 0 bridgehead atoms. The predicted octanol–water partition coefficient (Wildman–Crippen LogP) is 5.52. The number of thioether (sulfide) groups is 1. The highest BCUT2D eigenvalue weighted by Crippen LogP contribution is 2.30. The number of aromatic nitrogens is 4. The monoisotopic (exact) mass is 487 g/mol. The summed E-state index contributed by atoms with van der Waals surface area (Å²) in [4.78, 5) is 0. The molecular formula is C23H23Cl2N5OS. The highest BCUT2D eigenvalue weighted by Gasteiger charge is 2.11. The second-order valence-electron chi connectivity index (χ2n) is 7.25. The molecule has 0 aliphatic rings. The van der Waals surface area contributed by atoms with E-state index in [9.17, 15) is 0 Å². The van der Waals surface area contributed by atoms with E-state index < -0.39 is 0 Å². The van der Waals surface area contributed by atoms with E-state index >= 15 is 0 Å². The topological polar surface area (TPSA) is 64.9 Å². The lowest BCUT2D eigenvalue weighted by molar-refractivity contribution is 0.303. The molecule has 0 saturated carbocycles. The first-order valence-corrected chi connectivity index (χ1v) is 12.0. The summed E-state index contributed by atoms with van der Waals surface area (Å²) in [5, 5.41) is 19.5. The van der Waals surface area contributed by atoms with Gasteiger partial charge in [-0.05, 0) is 52.4 Å². The maximum Gasteiger partial charge on any atom is 0.209 e. The lowest BCUT2D eigenvalue weighted by Crippen LogP contribution is -2.16. The van der Waals surface area contributed by atoms with Crippen LogP contribution in [0.5, 0.6) is 5.75 Å². The van der Waals surface area contributed by atoms with Crippen LogP contribution in [0.25, 0.3) is 10.8 Å². The van der Waals surface area contributed by atoms with Crippen LogP contribution in [0.4, 0.5) is 0 Å². The Morgan fingerprint density at radius 1 is 1.09 bits per heavy atom. The molecule has 0 amide bonds. The average molecular weight is 488 g/mol. The van der Waals surface area contributed by atoms with E-state index in [1.807, 2.05) is 31.3 Å². The van der Waals surface area contributed by atoms with Crippen LogP contribution >= 0.6 is 35.0 Å². The van der Waals surface area contributed by atoms with Gasteiger partial charge in [0.1, 0.15) is 12.4 Å². The maximum atomic E-state index is 6.32. The zero-order valence-corrected chi connectivity index (χ0v) is 19.9. The van der Waals surface area contributed by atoms with Crippen LogP contribution in [-0.4, -0.2) is 32.5 Å². The third-order valence-corrected chi connectivity index (χ3v) is 6.69. The quantitative estimate of drug-likeness (QED) is 0.234. The molecule has 0 aliphatic carbocycles. The highest BCUT2D eigenvalue weighted by molar-refractivity contribution is 7.99. The summed E-state index contributed by atoms with van der Waals surface area (Å²) in [5.41, 5.74) is 2.04. The molecule has 6 nitrogen and oxygen atoms in total. The second kappa shape index (κ2) is 11.0. The first-order valence-electron chi connectivity index (χ1n) is 10.2. The molecule has 3 aromatic carbocycles. The number of tetrazole rings is 1. The highest BCUT2D eigenvalue weighted by atomic mass is 35.5. The zero-order chi connectivity index (χ0) is 22.3. The fourth-order valence-electron chi connectivity index (χ4n) is 3.35. The van der Waals surface area contributed by atoms with E-state index in [0.717, 1.165) is 40.8 Å². The van der Waals surface area contributed by atoms with Crippen LogP contribution in [0.2, 0.25) is 10.0 Å². The summed E-state index contributed by atoms with van der Waals surface area (Å²) < 4.78 is 7.88. The minimum atomic E-state index is 0.379. The third-order valence-electron chi connectivity index (χ3n) is 5.01. The van der Waals surface area contributed by atoms with E-state index in [0.29, 0.717) is 23.2 Å². The number of nitrogens with one attached hydrogen (secondary N) is 1. The van der Waals surface area contributed by atoms with Crippen molar-refractivity contribution >= 4 is 45.7 Å². The van der Waals surface area contributed by atoms with Gasteiger partial charge in [-0.3, -0.25) is 0 Å². The van der Waals surface area contributed by atoms with Gasteiger partial charge in [0.05, 0.1) is 0 Å². The Labute approximate surface area is 201 Å². The minimum absolute atomic E-state index is 0.379. The summed E-state index contributed by atoms with van der Waals surface area (Å²) in [6.07, 6.45) is 0.999. The smallest absolute Gasteiger partial charge is 0.209 e. The number of nitrogens with zero attached hydrogens (tertiary/aromatic N) is 4. The number of hydrogen-bond donors (Lipinski definition) is 1. The van der Waals surface area contributed by atoms with Crippen molar-refractivity contribution < 1.29 is 4.74 Å². The third kappa shape index (κ3) is 5.72. The van der Waals surface area contributed by atoms with Gasteiger partial charge in [0.25, 0.3) is 0 Å². The van der Waals surface area contributed by atoms with Crippen molar-refractivity contribution in [1.82, 2.24) is 25.5 Å². The molecule has 0 atom stereocenters. The number of aryl methyl sites for hydroxylation is 1. The summed E-state index contributed by atoms with van der Waals surface area (Å²) in [7, 11) is 1.85. The van der Waals surface area contributed by atoms with Crippen molar-refractivity contribution in [1.29, 1.82) is 0 Å². The Kier molecular flexibility index (Phi) is 7.86. The maximum absolute atomic E-state index is 6.32. The Morgan fingerprint density at radius 2 is 1.97 bits per heavy atom. The Balaban J connectivity index is 1.40. The SMILES string of the molecule is Cn1nnnc1SCCCNCc1c(OCc2ccc(Cl)cc2Cl)ccc2ccccc12.